The van der Waals surface area contributed by atoms with Gasteiger partial charge in [-0.1, -0.05) is 61.4 Å². The number of aliphatic hydroxyl groups is 2. The lowest BCUT2D eigenvalue weighted by molar-refractivity contribution is 0.126. The lowest BCUT2D eigenvalue weighted by Gasteiger charge is -2.14. The molecule has 8 heteroatoms. The molecule has 8 nitrogen and oxygen atoms in total. The third-order valence-corrected chi connectivity index (χ3v) is 7.11. The normalized spacial score (nSPS) is 11.8. The molecule has 0 saturated carbocycles. The van der Waals surface area contributed by atoms with Crippen molar-refractivity contribution in [3.8, 4) is 5.75 Å². The van der Waals surface area contributed by atoms with Crippen LogP contribution in [0.5, 0.6) is 5.75 Å². The van der Waals surface area contributed by atoms with Crippen LogP contribution in [0.25, 0.3) is 0 Å². The van der Waals surface area contributed by atoms with Gasteiger partial charge in [-0.3, -0.25) is 0 Å². The number of carbonyl (C=O) groups is 1. The SMILES string of the molecule is O=C(NCCc1cccc(CCCCOCCCCCCNC[C@@H](O)c2ccc(O)c(CO)c2)c1)Nc1ccccc1. The zero-order valence-corrected chi connectivity index (χ0v) is 24.6. The molecule has 0 bridgehead atoms. The lowest BCUT2D eigenvalue weighted by Crippen LogP contribution is -2.30. The van der Waals surface area contributed by atoms with Gasteiger partial charge >= 0.3 is 6.03 Å². The monoisotopic (exact) mass is 577 g/mol. The molecule has 0 heterocycles. The number of hydrogen-bond acceptors (Lipinski definition) is 6. The molecule has 0 aliphatic rings. The first-order valence-electron chi connectivity index (χ1n) is 15.1. The number of unbranched alkanes of at least 4 members (excludes halogenated alkanes) is 4. The minimum Gasteiger partial charge on any atom is -0.508 e. The van der Waals surface area contributed by atoms with E-state index >= 15 is 0 Å². The van der Waals surface area contributed by atoms with E-state index in [0.717, 1.165) is 76.8 Å². The molecule has 0 fully saturated rings. The smallest absolute Gasteiger partial charge is 0.319 e. The first kappa shape index (κ1) is 33.1. The van der Waals surface area contributed by atoms with E-state index < -0.39 is 6.10 Å². The Morgan fingerprint density at radius 2 is 1.52 bits per heavy atom. The minimum atomic E-state index is -0.671. The van der Waals surface area contributed by atoms with Gasteiger partial charge in [0.1, 0.15) is 5.75 Å². The molecule has 1 atom stereocenters. The van der Waals surface area contributed by atoms with Gasteiger partial charge in [-0.2, -0.15) is 0 Å². The number of rotatable bonds is 20. The van der Waals surface area contributed by atoms with Crippen LogP contribution in [0.3, 0.4) is 0 Å². The predicted molar refractivity (Wildman–Crippen MR) is 168 cm³/mol. The number of benzene rings is 3. The number of urea groups is 1. The maximum Gasteiger partial charge on any atom is 0.319 e. The molecule has 6 N–H and O–H groups in total. The number of amides is 2. The summed E-state index contributed by atoms with van der Waals surface area (Å²) in [7, 11) is 0. The molecule has 42 heavy (non-hydrogen) atoms. The number of aliphatic hydroxyl groups excluding tert-OH is 2. The van der Waals surface area contributed by atoms with Gasteiger partial charge in [0.25, 0.3) is 0 Å². The van der Waals surface area contributed by atoms with E-state index in [1.165, 1.54) is 17.2 Å². The van der Waals surface area contributed by atoms with Crippen LogP contribution in [0.15, 0.2) is 72.8 Å². The molecule has 0 aliphatic heterocycles. The summed E-state index contributed by atoms with van der Waals surface area (Å²) >= 11 is 0. The van der Waals surface area contributed by atoms with Crippen molar-refractivity contribution >= 4 is 11.7 Å². The number of para-hydroxylation sites is 1. The largest absolute Gasteiger partial charge is 0.508 e. The number of phenols is 1. The zero-order valence-electron chi connectivity index (χ0n) is 24.6. The maximum absolute atomic E-state index is 12.0. The zero-order chi connectivity index (χ0) is 29.8. The second-order valence-corrected chi connectivity index (χ2v) is 10.6. The number of aryl methyl sites for hydroxylation is 1. The van der Waals surface area contributed by atoms with Crippen molar-refractivity contribution in [3.05, 3.63) is 95.1 Å². The number of anilines is 1. The van der Waals surface area contributed by atoms with E-state index in [0.29, 0.717) is 24.2 Å². The van der Waals surface area contributed by atoms with Gasteiger partial charge in [-0.05, 0) is 86.0 Å². The number of ether oxygens (including phenoxy) is 1. The fraction of sp³-hybridized carbons (Fsp3) is 0.441. The molecule has 0 aromatic heterocycles. The van der Waals surface area contributed by atoms with Crippen LogP contribution in [0.1, 0.15) is 66.9 Å². The van der Waals surface area contributed by atoms with Gasteiger partial charge in [-0.15, -0.1) is 0 Å². The lowest BCUT2D eigenvalue weighted by atomic mass is 10.0. The highest BCUT2D eigenvalue weighted by atomic mass is 16.5. The van der Waals surface area contributed by atoms with Gasteiger partial charge in [0, 0.05) is 37.6 Å². The van der Waals surface area contributed by atoms with Crippen LogP contribution in [0.4, 0.5) is 10.5 Å². The minimum absolute atomic E-state index is 0.0421. The molecule has 0 radical (unpaired) electrons. The van der Waals surface area contributed by atoms with Crippen LogP contribution >= 0.6 is 0 Å². The molecule has 0 aliphatic carbocycles. The molecule has 2 amide bonds. The topological polar surface area (TPSA) is 123 Å². The van der Waals surface area contributed by atoms with Crippen LogP contribution in [0, 0.1) is 0 Å². The third kappa shape index (κ3) is 13.0. The maximum atomic E-state index is 12.0. The van der Waals surface area contributed by atoms with Crippen molar-refractivity contribution in [2.24, 2.45) is 0 Å². The van der Waals surface area contributed by atoms with Crippen LogP contribution < -0.4 is 16.0 Å². The van der Waals surface area contributed by atoms with E-state index in [-0.39, 0.29) is 18.4 Å². The summed E-state index contributed by atoms with van der Waals surface area (Å²) in [5.41, 5.74) is 4.44. The molecule has 228 valence electrons. The summed E-state index contributed by atoms with van der Waals surface area (Å²) in [5.74, 6) is 0.0421. The average Bonchev–Trinajstić information content (AvgIpc) is 3.00. The average molecular weight is 578 g/mol. The highest BCUT2D eigenvalue weighted by Crippen LogP contribution is 2.22. The Hall–Kier alpha value is -3.43. The van der Waals surface area contributed by atoms with Crippen molar-refractivity contribution in [1.29, 1.82) is 0 Å². The Kier molecular flexibility index (Phi) is 15.5. The van der Waals surface area contributed by atoms with Crippen LogP contribution in [0.2, 0.25) is 0 Å². The van der Waals surface area contributed by atoms with Crippen molar-refractivity contribution in [2.45, 2.75) is 64.1 Å². The fourth-order valence-electron chi connectivity index (χ4n) is 4.70. The van der Waals surface area contributed by atoms with E-state index in [1.54, 1.807) is 12.1 Å². The highest BCUT2D eigenvalue weighted by Gasteiger charge is 2.10. The molecular weight excluding hydrogens is 530 g/mol. The Morgan fingerprint density at radius 3 is 2.31 bits per heavy atom. The van der Waals surface area contributed by atoms with E-state index in [9.17, 15) is 20.1 Å². The highest BCUT2D eigenvalue weighted by molar-refractivity contribution is 5.89. The summed E-state index contributed by atoms with van der Waals surface area (Å²) in [4.78, 5) is 12.0. The summed E-state index contributed by atoms with van der Waals surface area (Å²) < 4.78 is 5.82. The first-order chi connectivity index (χ1) is 20.5. The number of nitrogens with one attached hydrogen (secondary N) is 3. The number of hydrogen-bond donors (Lipinski definition) is 6. The predicted octanol–water partition coefficient (Wildman–Crippen LogP) is 5.47. The Labute approximate surface area is 250 Å². The van der Waals surface area contributed by atoms with Crippen molar-refractivity contribution in [2.75, 3.05) is 38.2 Å². The Bertz CT molecular complexity index is 1170. The quantitative estimate of drug-likeness (QED) is 0.0990. The molecule has 3 aromatic carbocycles. The van der Waals surface area contributed by atoms with Gasteiger partial charge in [-0.25, -0.2) is 4.79 Å². The second kappa shape index (κ2) is 19.6. The van der Waals surface area contributed by atoms with Crippen molar-refractivity contribution in [3.63, 3.8) is 0 Å². The molecule has 0 unspecified atom stereocenters. The molecule has 0 spiro atoms. The van der Waals surface area contributed by atoms with E-state index in [2.05, 4.69) is 40.2 Å². The molecule has 0 saturated heterocycles. The van der Waals surface area contributed by atoms with Gasteiger partial charge < -0.3 is 36.0 Å². The fourth-order valence-corrected chi connectivity index (χ4v) is 4.70. The summed E-state index contributed by atoms with van der Waals surface area (Å²) in [5, 5.41) is 38.2. The van der Waals surface area contributed by atoms with E-state index in [1.807, 2.05) is 30.3 Å². The molecular formula is C34H47N3O5. The van der Waals surface area contributed by atoms with Crippen LogP contribution in [-0.2, 0) is 24.2 Å². The molecule has 3 aromatic rings. The second-order valence-electron chi connectivity index (χ2n) is 10.6. The van der Waals surface area contributed by atoms with Gasteiger partial charge in [0.15, 0.2) is 0 Å². The van der Waals surface area contributed by atoms with Crippen LogP contribution in [-0.4, -0.2) is 54.2 Å². The Balaban J connectivity index is 1.13. The van der Waals surface area contributed by atoms with E-state index in [4.69, 9.17) is 4.74 Å². The third-order valence-electron chi connectivity index (χ3n) is 7.11. The Morgan fingerprint density at radius 1 is 0.786 bits per heavy atom. The van der Waals surface area contributed by atoms with Crippen molar-refractivity contribution < 1.29 is 24.9 Å². The summed E-state index contributed by atoms with van der Waals surface area (Å²) in [6, 6.07) is 22.6. The molecule has 3 rings (SSSR count). The van der Waals surface area contributed by atoms with Gasteiger partial charge in [0.05, 0.1) is 12.7 Å². The summed E-state index contributed by atoms with van der Waals surface area (Å²) in [6.45, 7) is 3.19. The standard InChI is InChI=1S/C34H47N3O5/c38-26-30-24-29(16-17-32(30)39)33(40)25-35-19-7-1-2-8-21-42-22-9-6-11-27-12-10-13-28(23-27)18-20-36-34(41)37-31-14-4-3-5-15-31/h3-5,10,12-17,23-24,33,35,38-40H,1-2,6-9,11,18-22,25-26H2,(H2,36,37,41)/t33-/m1/s1. The van der Waals surface area contributed by atoms with Gasteiger partial charge in [0.2, 0.25) is 0 Å². The number of aromatic hydroxyl groups is 1. The number of carbonyl (C=O) groups excluding carboxylic acids is 1. The first-order valence-corrected chi connectivity index (χ1v) is 15.1. The summed E-state index contributed by atoms with van der Waals surface area (Å²) in [6.07, 6.45) is 7.61. The van der Waals surface area contributed by atoms with Crippen molar-refractivity contribution in [1.82, 2.24) is 10.6 Å².